The molecule has 0 saturated heterocycles. The lowest BCUT2D eigenvalue weighted by Gasteiger charge is -2.08. The van der Waals surface area contributed by atoms with E-state index in [4.69, 9.17) is 0 Å². The second-order valence-electron chi connectivity index (χ2n) is 3.67. The highest BCUT2D eigenvalue weighted by molar-refractivity contribution is 6.08. The van der Waals surface area contributed by atoms with Crippen molar-refractivity contribution < 1.29 is 4.79 Å². The molecule has 1 amide bonds. The Morgan fingerprint density at radius 3 is 2.88 bits per heavy atom. The molecule has 1 heterocycles. The average molecular weight is 229 g/mol. The van der Waals surface area contributed by atoms with Crippen LogP contribution in [0.3, 0.4) is 0 Å². The number of pyridine rings is 1. The van der Waals surface area contributed by atoms with Crippen LogP contribution < -0.4 is 10.6 Å². The molecule has 0 fully saturated rings. The molecule has 17 heavy (non-hydrogen) atoms. The first-order valence-electron chi connectivity index (χ1n) is 5.61. The molecule has 4 heteroatoms. The maximum absolute atomic E-state index is 11.9. The number of nitrogens with zero attached hydrogens (tertiary/aromatic N) is 1. The van der Waals surface area contributed by atoms with E-state index in [2.05, 4.69) is 15.6 Å². The van der Waals surface area contributed by atoms with Crippen molar-refractivity contribution in [2.45, 2.75) is 6.92 Å². The van der Waals surface area contributed by atoms with E-state index in [1.807, 2.05) is 32.2 Å². The lowest BCUT2D eigenvalue weighted by molar-refractivity contribution is 0.0957. The van der Waals surface area contributed by atoms with Crippen LogP contribution in [0.4, 0.5) is 5.69 Å². The fourth-order valence-electron chi connectivity index (χ4n) is 1.83. The van der Waals surface area contributed by atoms with Crippen LogP contribution in [-0.4, -0.2) is 24.5 Å². The van der Waals surface area contributed by atoms with Gasteiger partial charge in [-0.05, 0) is 19.1 Å². The molecule has 1 aromatic carbocycles. The molecule has 0 unspecified atom stereocenters. The van der Waals surface area contributed by atoms with Crippen molar-refractivity contribution in [2.75, 3.05) is 18.9 Å². The number of amides is 1. The minimum atomic E-state index is -0.0619. The van der Waals surface area contributed by atoms with Gasteiger partial charge < -0.3 is 10.6 Å². The van der Waals surface area contributed by atoms with E-state index in [1.54, 1.807) is 12.3 Å². The molecule has 4 nitrogen and oxygen atoms in total. The number of anilines is 1. The zero-order chi connectivity index (χ0) is 12.3. The monoisotopic (exact) mass is 229 g/mol. The number of benzene rings is 1. The third-order valence-electron chi connectivity index (χ3n) is 2.62. The molecule has 0 aliphatic heterocycles. The Morgan fingerprint density at radius 1 is 1.35 bits per heavy atom. The predicted octanol–water partition coefficient (Wildman–Crippen LogP) is 2.03. The topological polar surface area (TPSA) is 54.0 Å². The second kappa shape index (κ2) is 4.82. The van der Waals surface area contributed by atoms with Crippen LogP contribution >= 0.6 is 0 Å². The first kappa shape index (κ1) is 11.4. The van der Waals surface area contributed by atoms with E-state index in [0.29, 0.717) is 12.1 Å². The molecule has 0 atom stereocenters. The third-order valence-corrected chi connectivity index (χ3v) is 2.62. The van der Waals surface area contributed by atoms with Crippen LogP contribution in [0.5, 0.6) is 0 Å². The first-order chi connectivity index (χ1) is 8.27. The number of carbonyl (C=O) groups is 1. The van der Waals surface area contributed by atoms with Crippen LogP contribution in [0, 0.1) is 0 Å². The minimum absolute atomic E-state index is 0.0619. The van der Waals surface area contributed by atoms with Gasteiger partial charge in [-0.3, -0.25) is 9.78 Å². The maximum Gasteiger partial charge on any atom is 0.252 e. The van der Waals surface area contributed by atoms with E-state index in [-0.39, 0.29) is 5.91 Å². The first-order valence-corrected chi connectivity index (χ1v) is 5.61. The lowest BCUT2D eigenvalue weighted by atomic mass is 10.1. The van der Waals surface area contributed by atoms with Gasteiger partial charge in [-0.2, -0.15) is 0 Å². The summed E-state index contributed by atoms with van der Waals surface area (Å²) in [6, 6.07) is 7.51. The molecule has 0 radical (unpaired) electrons. The van der Waals surface area contributed by atoms with Gasteiger partial charge in [-0.1, -0.05) is 12.1 Å². The Labute approximate surface area is 100 Å². The third kappa shape index (κ3) is 2.06. The lowest BCUT2D eigenvalue weighted by Crippen LogP contribution is -2.22. The molecule has 2 rings (SSSR count). The number of aromatic nitrogens is 1. The van der Waals surface area contributed by atoms with E-state index >= 15 is 0 Å². The Bertz CT molecular complexity index is 551. The molecule has 88 valence electrons. The molecule has 0 bridgehead atoms. The predicted molar refractivity (Wildman–Crippen MR) is 69.3 cm³/mol. The van der Waals surface area contributed by atoms with E-state index < -0.39 is 0 Å². The summed E-state index contributed by atoms with van der Waals surface area (Å²) in [5.41, 5.74) is 2.40. The summed E-state index contributed by atoms with van der Waals surface area (Å²) in [6.07, 6.45) is 1.66. The van der Waals surface area contributed by atoms with Crippen LogP contribution in [0.25, 0.3) is 10.9 Å². The Hall–Kier alpha value is -2.10. The summed E-state index contributed by atoms with van der Waals surface area (Å²) in [4.78, 5) is 16.2. The molecule has 2 N–H and O–H groups in total. The normalized spacial score (nSPS) is 10.2. The Balaban J connectivity index is 2.62. The van der Waals surface area contributed by atoms with Gasteiger partial charge in [0.1, 0.15) is 0 Å². The van der Waals surface area contributed by atoms with Gasteiger partial charge in [0.05, 0.1) is 16.8 Å². The van der Waals surface area contributed by atoms with Crippen LogP contribution in [0.2, 0.25) is 0 Å². The van der Waals surface area contributed by atoms with Gasteiger partial charge in [-0.25, -0.2) is 0 Å². The van der Waals surface area contributed by atoms with E-state index in [1.165, 1.54) is 0 Å². The summed E-state index contributed by atoms with van der Waals surface area (Å²) in [6.45, 7) is 2.52. The van der Waals surface area contributed by atoms with Gasteiger partial charge in [0.2, 0.25) is 0 Å². The van der Waals surface area contributed by atoms with Gasteiger partial charge in [0, 0.05) is 25.2 Å². The highest BCUT2D eigenvalue weighted by Gasteiger charge is 2.10. The van der Waals surface area contributed by atoms with Gasteiger partial charge in [0.15, 0.2) is 0 Å². The zero-order valence-corrected chi connectivity index (χ0v) is 9.95. The van der Waals surface area contributed by atoms with Gasteiger partial charge >= 0.3 is 0 Å². The van der Waals surface area contributed by atoms with Crippen molar-refractivity contribution in [1.29, 1.82) is 0 Å². The second-order valence-corrected chi connectivity index (χ2v) is 3.67. The Morgan fingerprint density at radius 2 is 2.18 bits per heavy atom. The van der Waals surface area contributed by atoms with Crippen molar-refractivity contribution in [2.24, 2.45) is 0 Å². The van der Waals surface area contributed by atoms with Crippen LogP contribution in [0.15, 0.2) is 30.5 Å². The average Bonchev–Trinajstić information content (AvgIpc) is 2.37. The fourth-order valence-corrected chi connectivity index (χ4v) is 1.83. The number of hydrogen-bond acceptors (Lipinski definition) is 3. The summed E-state index contributed by atoms with van der Waals surface area (Å²) < 4.78 is 0. The smallest absolute Gasteiger partial charge is 0.252 e. The van der Waals surface area contributed by atoms with Gasteiger partial charge in [-0.15, -0.1) is 0 Å². The molecule has 0 saturated carbocycles. The summed E-state index contributed by atoms with van der Waals surface area (Å²) in [7, 11) is 1.84. The van der Waals surface area contributed by atoms with Crippen LogP contribution in [0.1, 0.15) is 17.3 Å². The maximum atomic E-state index is 11.9. The molecular weight excluding hydrogens is 214 g/mol. The fraction of sp³-hybridized carbons (Fsp3) is 0.231. The molecule has 0 aliphatic rings. The quantitative estimate of drug-likeness (QED) is 0.846. The number of para-hydroxylation sites is 1. The highest BCUT2D eigenvalue weighted by atomic mass is 16.1. The molecule has 2 aromatic rings. The van der Waals surface area contributed by atoms with E-state index in [0.717, 1.165) is 16.6 Å². The molecule has 0 spiro atoms. The van der Waals surface area contributed by atoms with Crippen LogP contribution in [-0.2, 0) is 0 Å². The number of carbonyl (C=O) groups excluding carboxylic acids is 1. The summed E-state index contributed by atoms with van der Waals surface area (Å²) >= 11 is 0. The largest absolute Gasteiger partial charge is 0.386 e. The standard InChI is InChI=1S/C13H15N3O/c1-3-15-13(17)10-7-8-16-12-9(10)5-4-6-11(12)14-2/h4-8,14H,3H2,1-2H3,(H,15,17). The molecule has 1 aromatic heterocycles. The van der Waals surface area contributed by atoms with Gasteiger partial charge in [0.25, 0.3) is 5.91 Å². The summed E-state index contributed by atoms with van der Waals surface area (Å²) in [5.74, 6) is -0.0619. The molecular formula is C13H15N3O. The highest BCUT2D eigenvalue weighted by Crippen LogP contribution is 2.23. The molecule has 0 aliphatic carbocycles. The zero-order valence-electron chi connectivity index (χ0n) is 9.95. The minimum Gasteiger partial charge on any atom is -0.386 e. The number of fused-ring (bicyclic) bond motifs is 1. The number of hydrogen-bond donors (Lipinski definition) is 2. The number of nitrogens with one attached hydrogen (secondary N) is 2. The van der Waals surface area contributed by atoms with Crippen molar-refractivity contribution in [3.05, 3.63) is 36.0 Å². The SMILES string of the molecule is CCNC(=O)c1ccnc2c(NC)cccc12. The van der Waals surface area contributed by atoms with E-state index in [9.17, 15) is 4.79 Å². The van der Waals surface area contributed by atoms with Crippen molar-refractivity contribution in [1.82, 2.24) is 10.3 Å². The summed E-state index contributed by atoms with van der Waals surface area (Å²) in [5, 5.41) is 6.74. The van der Waals surface area contributed by atoms with Crippen molar-refractivity contribution in [3.63, 3.8) is 0 Å². The van der Waals surface area contributed by atoms with Crippen molar-refractivity contribution >= 4 is 22.5 Å². The Kier molecular flexibility index (Phi) is 3.23. The number of rotatable bonds is 3. The van der Waals surface area contributed by atoms with Crippen molar-refractivity contribution in [3.8, 4) is 0 Å².